The third kappa shape index (κ3) is 2.66. The molecule has 2 atom stereocenters. The topological polar surface area (TPSA) is 82.4 Å². The van der Waals surface area contributed by atoms with E-state index in [9.17, 15) is 4.79 Å². The van der Waals surface area contributed by atoms with Gasteiger partial charge in [-0.3, -0.25) is 15.1 Å². The zero-order valence-corrected chi connectivity index (χ0v) is 9.79. The molecule has 0 aromatic rings. The molecule has 6 nitrogen and oxygen atoms in total. The summed E-state index contributed by atoms with van der Waals surface area (Å²) in [5.74, 6) is -0.104. The molecule has 1 heterocycles. The Morgan fingerprint density at radius 3 is 2.60 bits per heavy atom. The number of hydrogen-bond acceptors (Lipinski definition) is 5. The Labute approximate surface area is 90.5 Å². The van der Waals surface area contributed by atoms with Gasteiger partial charge in [-0.05, 0) is 27.3 Å². The predicted molar refractivity (Wildman–Crippen MR) is 58.3 cm³/mol. The van der Waals surface area contributed by atoms with Gasteiger partial charge < -0.3 is 5.73 Å². The molecule has 6 heteroatoms. The summed E-state index contributed by atoms with van der Waals surface area (Å²) in [7, 11) is 0. The van der Waals surface area contributed by atoms with Crippen molar-refractivity contribution in [2.75, 3.05) is 6.54 Å². The summed E-state index contributed by atoms with van der Waals surface area (Å²) >= 11 is 0. The molecule has 1 saturated heterocycles. The SMILES string of the molecule is CCNC1NNN(C(C)(C)C)C(=O)C1N. The van der Waals surface area contributed by atoms with Gasteiger partial charge in [0.05, 0.1) is 11.7 Å². The van der Waals surface area contributed by atoms with E-state index in [1.807, 2.05) is 27.7 Å². The van der Waals surface area contributed by atoms with Gasteiger partial charge in [-0.25, -0.2) is 5.43 Å². The van der Waals surface area contributed by atoms with E-state index in [2.05, 4.69) is 16.3 Å². The first-order valence-electron chi connectivity index (χ1n) is 5.22. The summed E-state index contributed by atoms with van der Waals surface area (Å²) in [5, 5.41) is 4.61. The van der Waals surface area contributed by atoms with Crippen molar-refractivity contribution in [1.29, 1.82) is 0 Å². The summed E-state index contributed by atoms with van der Waals surface area (Å²) in [6.45, 7) is 8.56. The number of rotatable bonds is 2. The standard InChI is InChI=1S/C9H21N5O/c1-5-11-7-6(10)8(15)14(13-12-7)9(2,3)4/h6-7,11-13H,5,10H2,1-4H3. The first-order chi connectivity index (χ1) is 6.88. The van der Waals surface area contributed by atoms with Crippen molar-refractivity contribution >= 4 is 5.91 Å². The van der Waals surface area contributed by atoms with Gasteiger partial charge in [-0.1, -0.05) is 6.92 Å². The summed E-state index contributed by atoms with van der Waals surface area (Å²) in [6.07, 6.45) is -0.221. The van der Waals surface area contributed by atoms with Crippen LogP contribution in [0.4, 0.5) is 0 Å². The van der Waals surface area contributed by atoms with Crippen LogP contribution in [0, 0.1) is 0 Å². The Morgan fingerprint density at radius 1 is 1.53 bits per heavy atom. The fourth-order valence-corrected chi connectivity index (χ4v) is 1.47. The number of amides is 1. The first-order valence-corrected chi connectivity index (χ1v) is 5.22. The maximum atomic E-state index is 11.9. The van der Waals surface area contributed by atoms with Crippen molar-refractivity contribution in [1.82, 2.24) is 21.3 Å². The maximum Gasteiger partial charge on any atom is 0.258 e. The van der Waals surface area contributed by atoms with E-state index in [1.165, 1.54) is 5.01 Å². The quantitative estimate of drug-likeness (QED) is 0.470. The van der Waals surface area contributed by atoms with Gasteiger partial charge in [0, 0.05) is 0 Å². The van der Waals surface area contributed by atoms with Gasteiger partial charge in [-0.2, -0.15) is 5.53 Å². The second-order valence-corrected chi connectivity index (χ2v) is 4.66. The Balaban J connectivity index is 2.69. The van der Waals surface area contributed by atoms with Gasteiger partial charge in [0.15, 0.2) is 0 Å². The van der Waals surface area contributed by atoms with Crippen LogP contribution in [0.5, 0.6) is 0 Å². The lowest BCUT2D eigenvalue weighted by molar-refractivity contribution is -0.150. The maximum absolute atomic E-state index is 11.9. The molecule has 15 heavy (non-hydrogen) atoms. The van der Waals surface area contributed by atoms with Crippen molar-refractivity contribution < 1.29 is 4.79 Å². The van der Waals surface area contributed by atoms with Gasteiger partial charge in [0.25, 0.3) is 5.91 Å². The molecule has 0 spiro atoms. The third-order valence-corrected chi connectivity index (χ3v) is 2.29. The molecule has 1 aliphatic heterocycles. The van der Waals surface area contributed by atoms with E-state index in [4.69, 9.17) is 5.73 Å². The van der Waals surface area contributed by atoms with Gasteiger partial charge in [0.2, 0.25) is 0 Å². The minimum Gasteiger partial charge on any atom is -0.317 e. The summed E-state index contributed by atoms with van der Waals surface area (Å²) in [4.78, 5) is 11.9. The van der Waals surface area contributed by atoms with Crippen molar-refractivity contribution in [3.63, 3.8) is 0 Å². The zero-order valence-electron chi connectivity index (χ0n) is 9.79. The van der Waals surface area contributed by atoms with E-state index in [1.54, 1.807) is 0 Å². The number of hydrazine groups is 2. The lowest BCUT2D eigenvalue weighted by Gasteiger charge is -2.43. The second-order valence-electron chi connectivity index (χ2n) is 4.66. The molecular weight excluding hydrogens is 194 g/mol. The molecule has 0 bridgehead atoms. The van der Waals surface area contributed by atoms with Crippen molar-refractivity contribution in [2.24, 2.45) is 5.73 Å². The fourth-order valence-electron chi connectivity index (χ4n) is 1.47. The molecular formula is C9H21N5O. The molecule has 88 valence electrons. The largest absolute Gasteiger partial charge is 0.317 e. The molecule has 2 unspecified atom stereocenters. The molecule has 0 saturated carbocycles. The predicted octanol–water partition coefficient (Wildman–Crippen LogP) is -1.10. The van der Waals surface area contributed by atoms with Crippen LogP contribution in [-0.4, -0.2) is 35.2 Å². The summed E-state index contributed by atoms with van der Waals surface area (Å²) in [6, 6.07) is -0.564. The second kappa shape index (κ2) is 4.44. The normalized spacial score (nSPS) is 28.3. The van der Waals surface area contributed by atoms with Gasteiger partial charge in [0.1, 0.15) is 6.04 Å². The number of carbonyl (C=O) groups is 1. The monoisotopic (exact) mass is 215 g/mol. The Morgan fingerprint density at radius 2 is 2.13 bits per heavy atom. The summed E-state index contributed by atoms with van der Waals surface area (Å²) in [5.41, 5.74) is 11.4. The van der Waals surface area contributed by atoms with E-state index in [-0.39, 0.29) is 17.6 Å². The number of nitrogens with two attached hydrogens (primary N) is 1. The van der Waals surface area contributed by atoms with Crippen LogP contribution in [0.3, 0.4) is 0 Å². The fraction of sp³-hybridized carbons (Fsp3) is 0.889. The first kappa shape index (κ1) is 12.4. The highest BCUT2D eigenvalue weighted by atomic mass is 16.2. The van der Waals surface area contributed by atoms with Crippen molar-refractivity contribution in [2.45, 2.75) is 45.4 Å². The lowest BCUT2D eigenvalue weighted by atomic mass is 10.1. The van der Waals surface area contributed by atoms with Crippen LogP contribution in [0.15, 0.2) is 0 Å². The zero-order chi connectivity index (χ0) is 11.6. The van der Waals surface area contributed by atoms with Crippen LogP contribution >= 0.6 is 0 Å². The van der Waals surface area contributed by atoms with E-state index in [0.717, 1.165) is 6.54 Å². The van der Waals surface area contributed by atoms with E-state index >= 15 is 0 Å². The molecule has 1 aliphatic rings. The van der Waals surface area contributed by atoms with Crippen LogP contribution in [0.2, 0.25) is 0 Å². The van der Waals surface area contributed by atoms with E-state index < -0.39 is 6.04 Å². The number of nitrogens with one attached hydrogen (secondary N) is 3. The molecule has 0 radical (unpaired) electrons. The number of nitrogens with zero attached hydrogens (tertiary/aromatic N) is 1. The smallest absolute Gasteiger partial charge is 0.258 e. The highest BCUT2D eigenvalue weighted by molar-refractivity contribution is 5.83. The van der Waals surface area contributed by atoms with Gasteiger partial charge >= 0.3 is 0 Å². The molecule has 0 aromatic carbocycles. The van der Waals surface area contributed by atoms with Gasteiger partial charge in [-0.15, -0.1) is 0 Å². The molecule has 1 rings (SSSR count). The minimum atomic E-state index is -0.564. The highest BCUT2D eigenvalue weighted by Gasteiger charge is 2.38. The average Bonchev–Trinajstić information content (AvgIpc) is 2.11. The van der Waals surface area contributed by atoms with Crippen LogP contribution in [-0.2, 0) is 4.79 Å². The Hall–Kier alpha value is -0.690. The third-order valence-electron chi connectivity index (χ3n) is 2.29. The number of hydrogen-bond donors (Lipinski definition) is 4. The Kier molecular flexibility index (Phi) is 3.67. The summed E-state index contributed by atoms with van der Waals surface area (Å²) < 4.78 is 0. The molecule has 0 aliphatic carbocycles. The number of carbonyl (C=O) groups excluding carboxylic acids is 1. The van der Waals surface area contributed by atoms with Crippen molar-refractivity contribution in [3.8, 4) is 0 Å². The minimum absolute atomic E-state index is 0.104. The molecule has 5 N–H and O–H groups in total. The lowest BCUT2D eigenvalue weighted by Crippen LogP contribution is -2.75. The van der Waals surface area contributed by atoms with Crippen LogP contribution < -0.4 is 22.0 Å². The highest BCUT2D eigenvalue weighted by Crippen LogP contribution is 2.13. The van der Waals surface area contributed by atoms with Crippen LogP contribution in [0.1, 0.15) is 27.7 Å². The Bertz CT molecular complexity index is 237. The number of likely N-dealkylation sites (N-methyl/N-ethyl adjacent to an activating group) is 1. The van der Waals surface area contributed by atoms with E-state index in [0.29, 0.717) is 0 Å². The molecule has 1 amide bonds. The molecule has 1 fully saturated rings. The average molecular weight is 215 g/mol. The van der Waals surface area contributed by atoms with Crippen LogP contribution in [0.25, 0.3) is 0 Å². The van der Waals surface area contributed by atoms with Crippen molar-refractivity contribution in [3.05, 3.63) is 0 Å². The molecule has 0 aromatic heterocycles.